The number of nitrogens with one attached hydrogen (secondary N) is 3. The number of imidazole rings is 1. The Bertz CT molecular complexity index is 640. The second kappa shape index (κ2) is 6.05. The van der Waals surface area contributed by atoms with Gasteiger partial charge in [0.05, 0.1) is 23.8 Å². The van der Waals surface area contributed by atoms with Crippen LogP contribution in [-0.4, -0.2) is 28.5 Å². The third-order valence-corrected chi connectivity index (χ3v) is 3.65. The van der Waals surface area contributed by atoms with Crippen molar-refractivity contribution in [1.82, 2.24) is 20.6 Å². The molecule has 0 radical (unpaired) electrons. The molecule has 1 unspecified atom stereocenters. The molecule has 5 nitrogen and oxygen atoms in total. The molecule has 2 aromatic rings. The first-order valence-electron chi connectivity index (χ1n) is 6.99. The average Bonchev–Trinajstić information content (AvgIpc) is 2.94. The zero-order valence-corrected chi connectivity index (χ0v) is 11.5. The van der Waals surface area contributed by atoms with Gasteiger partial charge in [0.25, 0.3) is 0 Å². The molecule has 21 heavy (non-hydrogen) atoms. The fourth-order valence-corrected chi connectivity index (χ4v) is 2.50. The van der Waals surface area contributed by atoms with E-state index in [0.717, 1.165) is 17.0 Å². The van der Waals surface area contributed by atoms with Crippen LogP contribution in [0.2, 0.25) is 0 Å². The van der Waals surface area contributed by atoms with Crippen molar-refractivity contribution in [3.63, 3.8) is 0 Å². The average molecular weight is 288 g/mol. The molecule has 3 N–H and O–H groups in total. The molecule has 0 aliphatic carbocycles. The van der Waals surface area contributed by atoms with Crippen LogP contribution in [0.4, 0.5) is 4.39 Å². The maximum Gasteiger partial charge on any atom is 0.237 e. The number of hydrogen-bond acceptors (Lipinski definition) is 3. The normalized spacial score (nSPS) is 17.3. The Balaban J connectivity index is 1.49. The van der Waals surface area contributed by atoms with E-state index < -0.39 is 0 Å². The lowest BCUT2D eigenvalue weighted by atomic mass is 10.0. The molecule has 1 amide bonds. The second-order valence-corrected chi connectivity index (χ2v) is 5.14. The lowest BCUT2D eigenvalue weighted by Gasteiger charge is -2.22. The van der Waals surface area contributed by atoms with Gasteiger partial charge in [0.15, 0.2) is 0 Å². The summed E-state index contributed by atoms with van der Waals surface area (Å²) < 4.78 is 13.0. The van der Waals surface area contributed by atoms with Crippen molar-refractivity contribution in [2.75, 3.05) is 6.54 Å². The van der Waals surface area contributed by atoms with E-state index in [9.17, 15) is 9.18 Å². The van der Waals surface area contributed by atoms with Crippen LogP contribution in [0.5, 0.6) is 0 Å². The van der Waals surface area contributed by atoms with E-state index in [4.69, 9.17) is 0 Å². The Morgan fingerprint density at radius 1 is 1.48 bits per heavy atom. The van der Waals surface area contributed by atoms with Gasteiger partial charge < -0.3 is 10.3 Å². The van der Waals surface area contributed by atoms with Crippen molar-refractivity contribution in [2.45, 2.75) is 25.4 Å². The largest absolute Gasteiger partial charge is 0.354 e. The van der Waals surface area contributed by atoms with Crippen molar-refractivity contribution in [2.24, 2.45) is 0 Å². The molecule has 2 heterocycles. The highest BCUT2D eigenvalue weighted by atomic mass is 19.1. The number of halogens is 1. The molecule has 110 valence electrons. The summed E-state index contributed by atoms with van der Waals surface area (Å²) in [5, 5.41) is 6.06. The van der Waals surface area contributed by atoms with Crippen molar-refractivity contribution >= 4 is 5.91 Å². The summed E-state index contributed by atoms with van der Waals surface area (Å²) >= 11 is 0. The van der Waals surface area contributed by atoms with Gasteiger partial charge in [0.2, 0.25) is 5.91 Å². The third kappa shape index (κ3) is 3.28. The number of amides is 1. The zero-order valence-electron chi connectivity index (χ0n) is 11.5. The highest BCUT2D eigenvalue weighted by Gasteiger charge is 2.25. The molecule has 1 aliphatic heterocycles. The molecule has 0 fully saturated rings. The number of carbonyl (C=O) groups excluding carboxylic acids is 1. The lowest BCUT2D eigenvalue weighted by molar-refractivity contribution is -0.123. The third-order valence-electron chi connectivity index (χ3n) is 3.65. The number of aromatic amines is 1. The van der Waals surface area contributed by atoms with E-state index in [1.165, 1.54) is 12.1 Å². The van der Waals surface area contributed by atoms with E-state index in [2.05, 4.69) is 20.6 Å². The Morgan fingerprint density at radius 2 is 2.38 bits per heavy atom. The predicted octanol–water partition coefficient (Wildman–Crippen LogP) is 0.922. The fraction of sp³-hybridized carbons (Fsp3) is 0.333. The van der Waals surface area contributed by atoms with Crippen LogP contribution < -0.4 is 10.6 Å². The van der Waals surface area contributed by atoms with Crippen LogP contribution in [0.15, 0.2) is 30.6 Å². The molecule has 0 saturated carbocycles. The van der Waals surface area contributed by atoms with Crippen molar-refractivity contribution in [3.05, 3.63) is 53.4 Å². The summed E-state index contributed by atoms with van der Waals surface area (Å²) in [6, 6.07) is 6.17. The Hall–Kier alpha value is -2.21. The molecule has 0 spiro atoms. The number of nitrogens with zero attached hydrogens (tertiary/aromatic N) is 1. The van der Waals surface area contributed by atoms with Gasteiger partial charge in [-0.3, -0.25) is 10.1 Å². The molecule has 0 saturated heterocycles. The molecule has 1 atom stereocenters. The molecule has 1 aromatic carbocycles. The van der Waals surface area contributed by atoms with E-state index in [-0.39, 0.29) is 17.8 Å². The maximum atomic E-state index is 13.0. The Labute approximate surface area is 122 Å². The molecule has 6 heteroatoms. The van der Waals surface area contributed by atoms with Crippen LogP contribution in [0, 0.1) is 5.82 Å². The topological polar surface area (TPSA) is 69.8 Å². The number of rotatable bonds is 4. The van der Waals surface area contributed by atoms with Crippen LogP contribution in [0.25, 0.3) is 0 Å². The van der Waals surface area contributed by atoms with Gasteiger partial charge >= 0.3 is 0 Å². The van der Waals surface area contributed by atoms with Gasteiger partial charge in [0, 0.05) is 19.5 Å². The van der Waals surface area contributed by atoms with Crippen LogP contribution in [-0.2, 0) is 24.2 Å². The fourth-order valence-electron chi connectivity index (χ4n) is 2.50. The summed E-state index contributed by atoms with van der Waals surface area (Å²) in [5.41, 5.74) is 2.86. The Morgan fingerprint density at radius 3 is 3.24 bits per heavy atom. The smallest absolute Gasteiger partial charge is 0.237 e. The van der Waals surface area contributed by atoms with E-state index in [1.807, 2.05) is 6.07 Å². The lowest BCUT2D eigenvalue weighted by Crippen LogP contribution is -2.48. The van der Waals surface area contributed by atoms with Gasteiger partial charge in [-0.2, -0.15) is 0 Å². The van der Waals surface area contributed by atoms with Gasteiger partial charge in [0.1, 0.15) is 5.82 Å². The quantitative estimate of drug-likeness (QED) is 0.783. The van der Waals surface area contributed by atoms with Crippen molar-refractivity contribution in [1.29, 1.82) is 0 Å². The van der Waals surface area contributed by atoms with E-state index in [1.54, 1.807) is 12.4 Å². The van der Waals surface area contributed by atoms with Crippen molar-refractivity contribution < 1.29 is 9.18 Å². The number of H-pyrrole nitrogens is 1. The summed E-state index contributed by atoms with van der Waals surface area (Å²) in [6.45, 7) is 1.12. The highest BCUT2D eigenvalue weighted by molar-refractivity contribution is 5.82. The number of aromatic nitrogens is 2. The summed E-state index contributed by atoms with van der Waals surface area (Å²) in [4.78, 5) is 19.4. The number of benzene rings is 1. The minimum absolute atomic E-state index is 0.0416. The molecular weight excluding hydrogens is 271 g/mol. The van der Waals surface area contributed by atoms with Gasteiger partial charge in [-0.1, -0.05) is 12.1 Å². The maximum absolute atomic E-state index is 13.0. The second-order valence-electron chi connectivity index (χ2n) is 5.14. The highest BCUT2D eigenvalue weighted by Crippen LogP contribution is 2.12. The minimum Gasteiger partial charge on any atom is -0.354 e. The molecular formula is C15H17FN4O. The minimum atomic E-state index is -0.256. The number of hydrogen-bond donors (Lipinski definition) is 3. The molecule has 1 aromatic heterocycles. The van der Waals surface area contributed by atoms with E-state index >= 15 is 0 Å². The van der Waals surface area contributed by atoms with E-state index in [0.29, 0.717) is 25.9 Å². The standard InChI is InChI=1S/C15H17FN4O/c16-11-3-1-2-10(6-11)4-5-17-15(21)13-7-12-14(8-18-13)20-9-19-12/h1-3,6,9,13,18H,4-5,7-8H2,(H,17,21)(H,19,20). The Kier molecular flexibility index (Phi) is 3.96. The van der Waals surface area contributed by atoms with Crippen LogP contribution in [0.3, 0.4) is 0 Å². The zero-order chi connectivity index (χ0) is 14.7. The van der Waals surface area contributed by atoms with Gasteiger partial charge in [-0.15, -0.1) is 0 Å². The summed E-state index contributed by atoms with van der Waals surface area (Å²) in [6.07, 6.45) is 2.85. The summed E-state index contributed by atoms with van der Waals surface area (Å²) in [5.74, 6) is -0.293. The first kappa shape index (κ1) is 13.8. The first-order chi connectivity index (χ1) is 10.2. The SMILES string of the molecule is O=C(NCCc1cccc(F)c1)C1Cc2nc[nH]c2CN1. The van der Waals surface area contributed by atoms with Gasteiger partial charge in [-0.05, 0) is 24.1 Å². The predicted molar refractivity (Wildman–Crippen MR) is 76.0 cm³/mol. The number of carbonyl (C=O) groups is 1. The first-order valence-corrected chi connectivity index (χ1v) is 6.99. The molecule has 1 aliphatic rings. The van der Waals surface area contributed by atoms with Crippen LogP contribution >= 0.6 is 0 Å². The molecule has 0 bridgehead atoms. The van der Waals surface area contributed by atoms with Crippen molar-refractivity contribution in [3.8, 4) is 0 Å². The number of fused-ring (bicyclic) bond motifs is 1. The van der Waals surface area contributed by atoms with Gasteiger partial charge in [-0.25, -0.2) is 9.37 Å². The molecule has 3 rings (SSSR count). The summed E-state index contributed by atoms with van der Waals surface area (Å²) in [7, 11) is 0. The van der Waals surface area contributed by atoms with Crippen LogP contribution in [0.1, 0.15) is 17.0 Å². The monoisotopic (exact) mass is 288 g/mol.